The molecule has 4 N–H and O–H groups in total. The molecule has 0 fully saturated rings. The first-order chi connectivity index (χ1) is 7.06. The predicted molar refractivity (Wildman–Crippen MR) is 52.1 cm³/mol. The third kappa shape index (κ3) is 2.90. The van der Waals surface area contributed by atoms with Crippen molar-refractivity contribution < 1.29 is 25.2 Å². The van der Waals surface area contributed by atoms with Crippen LogP contribution in [0, 0.1) is 0 Å². The summed E-state index contributed by atoms with van der Waals surface area (Å²) in [6, 6.07) is 5.66. The van der Waals surface area contributed by atoms with Crippen LogP contribution >= 0.6 is 0 Å². The fourth-order valence-electron chi connectivity index (χ4n) is 1.16. The van der Waals surface area contributed by atoms with Crippen molar-refractivity contribution in [2.45, 2.75) is 18.5 Å². The highest BCUT2D eigenvalue weighted by Crippen LogP contribution is 2.21. The Balaban J connectivity index is 2.75. The van der Waals surface area contributed by atoms with E-state index in [2.05, 4.69) is 4.74 Å². The van der Waals surface area contributed by atoms with Crippen LogP contribution in [0.4, 0.5) is 0 Å². The number of phenolic OH excluding ortho intramolecular Hbond substituents is 1. The molecule has 1 aromatic rings. The predicted octanol–water partition coefficient (Wildman–Crippen LogP) is -0.249. The average molecular weight is 214 g/mol. The molecule has 5 nitrogen and oxygen atoms in total. The molecule has 5 heteroatoms. The Morgan fingerprint density at radius 2 is 1.60 bits per heavy atom. The van der Waals surface area contributed by atoms with Gasteiger partial charge >= 0.3 is 0 Å². The molecule has 3 unspecified atom stereocenters. The smallest absolute Gasteiger partial charge is 0.183 e. The summed E-state index contributed by atoms with van der Waals surface area (Å²) in [7, 11) is 1.22. The van der Waals surface area contributed by atoms with E-state index in [1.807, 2.05) is 0 Å². The largest absolute Gasteiger partial charge is 0.508 e. The van der Waals surface area contributed by atoms with Crippen LogP contribution in [-0.4, -0.2) is 39.9 Å². The Bertz CT molecular complexity index is 297. The summed E-state index contributed by atoms with van der Waals surface area (Å²) in [5, 5.41) is 37.2. The van der Waals surface area contributed by atoms with E-state index in [1.165, 1.54) is 31.4 Å². The highest BCUT2D eigenvalue weighted by Gasteiger charge is 2.25. The topological polar surface area (TPSA) is 90.2 Å². The number of hydrogen-bond acceptors (Lipinski definition) is 5. The Kier molecular flexibility index (Phi) is 4.05. The molecule has 0 saturated heterocycles. The number of phenols is 1. The normalized spacial score (nSPS) is 17.1. The number of hydrogen-bond donors (Lipinski definition) is 4. The average Bonchev–Trinajstić information content (AvgIpc) is 2.27. The van der Waals surface area contributed by atoms with Crippen LogP contribution < -0.4 is 0 Å². The van der Waals surface area contributed by atoms with Gasteiger partial charge in [-0.25, -0.2) is 0 Å². The number of methoxy groups -OCH3 is 1. The summed E-state index contributed by atoms with van der Waals surface area (Å²) in [6.45, 7) is 0. The van der Waals surface area contributed by atoms with Crippen LogP contribution in [0.2, 0.25) is 0 Å². The van der Waals surface area contributed by atoms with Crippen molar-refractivity contribution in [2.24, 2.45) is 0 Å². The summed E-state index contributed by atoms with van der Waals surface area (Å²) in [6.07, 6.45) is -4.14. The van der Waals surface area contributed by atoms with Gasteiger partial charge in [0.2, 0.25) is 0 Å². The fourth-order valence-corrected chi connectivity index (χ4v) is 1.16. The van der Waals surface area contributed by atoms with Gasteiger partial charge in [0.05, 0.1) is 0 Å². The molecule has 0 spiro atoms. The van der Waals surface area contributed by atoms with Crippen molar-refractivity contribution in [1.29, 1.82) is 0 Å². The minimum atomic E-state index is -1.45. The third-order valence-corrected chi connectivity index (χ3v) is 2.09. The van der Waals surface area contributed by atoms with E-state index >= 15 is 0 Å². The number of aliphatic hydroxyl groups is 3. The van der Waals surface area contributed by atoms with Crippen LogP contribution in [0.3, 0.4) is 0 Å². The van der Waals surface area contributed by atoms with Gasteiger partial charge in [-0.3, -0.25) is 0 Å². The SMILES string of the molecule is COC(O)C(O)C(O)c1ccc(O)cc1. The van der Waals surface area contributed by atoms with Crippen molar-refractivity contribution in [3.05, 3.63) is 29.8 Å². The maximum atomic E-state index is 9.61. The maximum absolute atomic E-state index is 9.61. The van der Waals surface area contributed by atoms with E-state index in [9.17, 15) is 10.2 Å². The lowest BCUT2D eigenvalue weighted by Crippen LogP contribution is -2.33. The quantitative estimate of drug-likeness (QED) is 0.519. The van der Waals surface area contributed by atoms with Crippen LogP contribution in [0.15, 0.2) is 24.3 Å². The van der Waals surface area contributed by atoms with Gasteiger partial charge in [-0.2, -0.15) is 0 Å². The molecule has 0 aromatic heterocycles. The number of rotatable bonds is 4. The van der Waals surface area contributed by atoms with E-state index < -0.39 is 18.5 Å². The second kappa shape index (κ2) is 5.09. The first-order valence-electron chi connectivity index (χ1n) is 4.42. The molecule has 0 aliphatic heterocycles. The van der Waals surface area contributed by atoms with Gasteiger partial charge in [-0.1, -0.05) is 12.1 Å². The van der Waals surface area contributed by atoms with Gasteiger partial charge in [0.15, 0.2) is 6.29 Å². The lowest BCUT2D eigenvalue weighted by atomic mass is 10.0. The summed E-state index contributed by atoms with van der Waals surface area (Å²) >= 11 is 0. The Morgan fingerprint density at radius 3 is 2.07 bits per heavy atom. The van der Waals surface area contributed by atoms with Gasteiger partial charge in [0.1, 0.15) is 18.0 Å². The number of benzene rings is 1. The molecule has 0 bridgehead atoms. The minimum Gasteiger partial charge on any atom is -0.508 e. The zero-order valence-electron chi connectivity index (χ0n) is 8.24. The standard InChI is InChI=1S/C10H14O5/c1-15-10(14)9(13)8(12)6-2-4-7(11)5-3-6/h2-5,8-14H,1H3. The van der Waals surface area contributed by atoms with Crippen molar-refractivity contribution in [3.8, 4) is 5.75 Å². The van der Waals surface area contributed by atoms with Gasteiger partial charge in [0, 0.05) is 7.11 Å². The van der Waals surface area contributed by atoms with Crippen molar-refractivity contribution >= 4 is 0 Å². The van der Waals surface area contributed by atoms with Gasteiger partial charge in [0.25, 0.3) is 0 Å². The molecule has 0 heterocycles. The van der Waals surface area contributed by atoms with E-state index in [0.717, 1.165) is 0 Å². The molecule has 0 aliphatic rings. The van der Waals surface area contributed by atoms with E-state index in [0.29, 0.717) is 5.56 Å². The number of aromatic hydroxyl groups is 1. The van der Waals surface area contributed by atoms with Crippen molar-refractivity contribution in [3.63, 3.8) is 0 Å². The molecule has 3 atom stereocenters. The highest BCUT2D eigenvalue weighted by molar-refractivity contribution is 5.27. The summed E-state index contributed by atoms with van der Waals surface area (Å²) in [5.41, 5.74) is 0.386. The summed E-state index contributed by atoms with van der Waals surface area (Å²) in [5.74, 6) is 0.0627. The second-order valence-corrected chi connectivity index (χ2v) is 3.15. The van der Waals surface area contributed by atoms with Gasteiger partial charge < -0.3 is 25.2 Å². The molecule has 1 aromatic carbocycles. The number of aliphatic hydroxyl groups excluding tert-OH is 3. The summed E-state index contributed by atoms with van der Waals surface area (Å²) in [4.78, 5) is 0. The van der Waals surface area contributed by atoms with E-state index in [-0.39, 0.29) is 5.75 Å². The van der Waals surface area contributed by atoms with Crippen LogP contribution in [0.5, 0.6) is 5.75 Å². The number of ether oxygens (including phenoxy) is 1. The highest BCUT2D eigenvalue weighted by atomic mass is 16.6. The molecule has 15 heavy (non-hydrogen) atoms. The maximum Gasteiger partial charge on any atom is 0.183 e. The van der Waals surface area contributed by atoms with Crippen molar-refractivity contribution in [2.75, 3.05) is 7.11 Å². The Morgan fingerprint density at radius 1 is 1.07 bits per heavy atom. The fraction of sp³-hybridized carbons (Fsp3) is 0.400. The zero-order chi connectivity index (χ0) is 11.4. The molecule has 0 amide bonds. The molecule has 0 saturated carbocycles. The monoisotopic (exact) mass is 214 g/mol. The van der Waals surface area contributed by atoms with Crippen LogP contribution in [0.25, 0.3) is 0 Å². The molecule has 1 rings (SSSR count). The Labute approximate surface area is 87.2 Å². The van der Waals surface area contributed by atoms with E-state index in [4.69, 9.17) is 10.2 Å². The molecule has 0 radical (unpaired) electrons. The molecular formula is C10H14O5. The summed E-state index contributed by atoms with van der Waals surface area (Å²) < 4.78 is 4.47. The van der Waals surface area contributed by atoms with Gasteiger partial charge in [-0.15, -0.1) is 0 Å². The Hall–Kier alpha value is -1.14. The molecule has 0 aliphatic carbocycles. The molecule has 84 valence electrons. The van der Waals surface area contributed by atoms with Crippen LogP contribution in [-0.2, 0) is 4.74 Å². The van der Waals surface area contributed by atoms with Crippen molar-refractivity contribution in [1.82, 2.24) is 0 Å². The van der Waals surface area contributed by atoms with Crippen LogP contribution in [0.1, 0.15) is 11.7 Å². The minimum absolute atomic E-state index is 0.0627. The third-order valence-electron chi connectivity index (χ3n) is 2.09. The second-order valence-electron chi connectivity index (χ2n) is 3.15. The van der Waals surface area contributed by atoms with E-state index in [1.54, 1.807) is 0 Å². The first-order valence-corrected chi connectivity index (χ1v) is 4.42. The first kappa shape index (κ1) is 11.9. The van der Waals surface area contributed by atoms with Gasteiger partial charge in [-0.05, 0) is 17.7 Å². The lowest BCUT2D eigenvalue weighted by molar-refractivity contribution is -0.175. The zero-order valence-corrected chi connectivity index (χ0v) is 8.24. The molecular weight excluding hydrogens is 200 g/mol. The lowest BCUT2D eigenvalue weighted by Gasteiger charge is -2.21.